The molecule has 0 spiro atoms. The minimum atomic E-state index is -4.75. The van der Waals surface area contributed by atoms with E-state index in [1.54, 1.807) is 6.07 Å². The van der Waals surface area contributed by atoms with Crippen molar-refractivity contribution in [3.05, 3.63) is 33.4 Å². The highest BCUT2D eigenvalue weighted by Gasteiger charge is 2.34. The van der Waals surface area contributed by atoms with E-state index in [9.17, 15) is 35.3 Å². The molecule has 0 aliphatic rings. The van der Waals surface area contributed by atoms with Gasteiger partial charge in [0.1, 0.15) is 17.4 Å². The van der Waals surface area contributed by atoms with E-state index in [2.05, 4.69) is 5.10 Å². The molecular weight excluding hydrogens is 494 g/mol. The molecule has 1 aromatic carbocycles. The molecule has 30 heavy (non-hydrogen) atoms. The van der Waals surface area contributed by atoms with Crippen LogP contribution in [-0.2, 0) is 26.0 Å². The molecule has 1 unspecified atom stereocenters. The number of nitriles is 1. The quantitative estimate of drug-likeness (QED) is 0.634. The predicted octanol–water partition coefficient (Wildman–Crippen LogP) is 2.78. The van der Waals surface area contributed by atoms with Crippen molar-refractivity contribution >= 4 is 54.6 Å². The maximum Gasteiger partial charge on any atom is 0.416 e. The summed E-state index contributed by atoms with van der Waals surface area (Å²) >= 11 is 11.8. The van der Waals surface area contributed by atoms with Crippen LogP contribution in [0.1, 0.15) is 18.2 Å². The first kappa shape index (κ1) is 24.1. The van der Waals surface area contributed by atoms with Crippen LogP contribution < -0.4 is 10.5 Å². The van der Waals surface area contributed by atoms with Gasteiger partial charge in [0.15, 0.2) is 25.9 Å². The van der Waals surface area contributed by atoms with Gasteiger partial charge in [0, 0.05) is 6.26 Å². The number of sulfone groups is 1. The molecular formula is C14H12Cl2F3N5O4S2. The summed E-state index contributed by atoms with van der Waals surface area (Å²) in [5.74, 6) is -0.556. The first-order valence-electron chi connectivity index (χ1n) is 7.56. The Kier molecular flexibility index (Phi) is 6.26. The van der Waals surface area contributed by atoms with Crippen molar-refractivity contribution in [3.63, 3.8) is 0 Å². The van der Waals surface area contributed by atoms with Gasteiger partial charge in [0.25, 0.3) is 0 Å². The zero-order valence-corrected chi connectivity index (χ0v) is 18.1. The van der Waals surface area contributed by atoms with Crippen LogP contribution in [0.15, 0.2) is 12.1 Å². The Labute approximate surface area is 179 Å². The lowest BCUT2D eigenvalue weighted by Gasteiger charge is -2.14. The summed E-state index contributed by atoms with van der Waals surface area (Å²) < 4.78 is 87.2. The van der Waals surface area contributed by atoms with E-state index in [1.165, 1.54) is 0 Å². The number of rotatable bonds is 5. The largest absolute Gasteiger partial charge is 0.416 e. The normalized spacial score (nSPS) is 13.7. The number of nitrogens with zero attached hydrogens (tertiary/aromatic N) is 3. The lowest BCUT2D eigenvalue weighted by Crippen LogP contribution is -2.32. The number of halogens is 5. The van der Waals surface area contributed by atoms with Gasteiger partial charge in [-0.05, 0) is 19.1 Å². The number of anilines is 2. The second-order valence-corrected chi connectivity index (χ2v) is 11.4. The van der Waals surface area contributed by atoms with Crippen molar-refractivity contribution in [3.8, 4) is 11.8 Å². The molecule has 1 heterocycles. The van der Waals surface area contributed by atoms with Crippen LogP contribution in [0.25, 0.3) is 5.69 Å². The number of nitrogens with two attached hydrogens (primary N) is 1. The average Bonchev–Trinajstić information content (AvgIpc) is 2.87. The fourth-order valence-electron chi connectivity index (χ4n) is 2.17. The van der Waals surface area contributed by atoms with Crippen LogP contribution in [0.4, 0.5) is 24.7 Å². The molecule has 0 bridgehead atoms. The summed E-state index contributed by atoms with van der Waals surface area (Å²) in [6.45, 7) is 0.897. The zero-order valence-electron chi connectivity index (χ0n) is 15.0. The van der Waals surface area contributed by atoms with Gasteiger partial charge in [0.05, 0.1) is 15.6 Å². The standard InChI is InChI=1S/C14H12Cl2F3N5O4S2/c1-6(29(2,25)26)30(27,28)23-11-10(5-20)22-24(13(11)21)12-8(15)3-7(4-9(12)16)14(17,18)19/h3-4,6,23H,21H2,1-2H3. The van der Waals surface area contributed by atoms with Gasteiger partial charge >= 0.3 is 6.18 Å². The monoisotopic (exact) mass is 505 g/mol. The molecule has 0 aliphatic heterocycles. The molecule has 0 saturated heterocycles. The summed E-state index contributed by atoms with van der Waals surface area (Å²) in [4.78, 5) is 0. The van der Waals surface area contributed by atoms with Gasteiger partial charge in [-0.15, -0.1) is 0 Å². The number of sulfonamides is 1. The molecule has 16 heteroatoms. The van der Waals surface area contributed by atoms with E-state index in [1.807, 2.05) is 4.72 Å². The van der Waals surface area contributed by atoms with Gasteiger partial charge in [0.2, 0.25) is 10.0 Å². The summed E-state index contributed by atoms with van der Waals surface area (Å²) in [6, 6.07) is 2.64. The molecule has 0 amide bonds. The third kappa shape index (κ3) is 4.59. The minimum Gasteiger partial charge on any atom is -0.382 e. The summed E-state index contributed by atoms with van der Waals surface area (Å²) in [5.41, 5.74) is 3.14. The van der Waals surface area contributed by atoms with E-state index < -0.39 is 63.4 Å². The Balaban J connectivity index is 2.66. The Morgan fingerprint density at radius 2 is 1.73 bits per heavy atom. The van der Waals surface area contributed by atoms with Crippen LogP contribution in [-0.4, -0.2) is 37.5 Å². The number of aromatic nitrogens is 2. The van der Waals surface area contributed by atoms with Crippen molar-refractivity contribution in [2.75, 3.05) is 16.7 Å². The maximum absolute atomic E-state index is 12.9. The number of benzene rings is 1. The first-order valence-corrected chi connectivity index (χ1v) is 11.8. The topological polar surface area (TPSA) is 148 Å². The summed E-state index contributed by atoms with van der Waals surface area (Å²) in [5, 5.41) is 11.9. The molecule has 0 saturated carbocycles. The van der Waals surface area contributed by atoms with Crippen molar-refractivity contribution in [1.29, 1.82) is 5.26 Å². The molecule has 2 aromatic rings. The fourth-order valence-corrected chi connectivity index (χ4v) is 5.45. The molecule has 3 N–H and O–H groups in total. The van der Waals surface area contributed by atoms with E-state index in [4.69, 9.17) is 28.9 Å². The molecule has 0 aliphatic carbocycles. The molecule has 1 atom stereocenters. The number of nitrogens with one attached hydrogen (secondary N) is 1. The second-order valence-electron chi connectivity index (χ2n) is 5.96. The molecule has 0 fully saturated rings. The van der Waals surface area contributed by atoms with Gasteiger partial charge in [-0.1, -0.05) is 23.2 Å². The highest BCUT2D eigenvalue weighted by Crippen LogP contribution is 2.39. The Morgan fingerprint density at radius 1 is 1.23 bits per heavy atom. The predicted molar refractivity (Wildman–Crippen MR) is 105 cm³/mol. The van der Waals surface area contributed by atoms with Crippen molar-refractivity contribution in [2.45, 2.75) is 17.7 Å². The van der Waals surface area contributed by atoms with Crippen LogP contribution >= 0.6 is 23.2 Å². The number of hydrogen-bond acceptors (Lipinski definition) is 7. The van der Waals surface area contributed by atoms with Crippen molar-refractivity contribution < 1.29 is 30.0 Å². The van der Waals surface area contributed by atoms with Crippen LogP contribution in [0.5, 0.6) is 0 Å². The summed E-state index contributed by atoms with van der Waals surface area (Å²) in [7, 11) is -8.62. The van der Waals surface area contributed by atoms with Crippen LogP contribution in [0, 0.1) is 11.3 Å². The van der Waals surface area contributed by atoms with Gasteiger partial charge in [-0.25, -0.2) is 21.5 Å². The minimum absolute atomic E-state index is 0.345. The van der Waals surface area contributed by atoms with E-state index in [0.29, 0.717) is 23.1 Å². The molecule has 9 nitrogen and oxygen atoms in total. The number of alkyl halides is 3. The molecule has 164 valence electrons. The average molecular weight is 506 g/mol. The lowest BCUT2D eigenvalue weighted by molar-refractivity contribution is -0.137. The van der Waals surface area contributed by atoms with Gasteiger partial charge in [-0.3, -0.25) is 4.72 Å². The Hall–Kier alpha value is -2.21. The molecule has 0 radical (unpaired) electrons. The third-order valence-electron chi connectivity index (χ3n) is 3.87. The Bertz CT molecular complexity index is 1240. The first-order chi connectivity index (χ1) is 13.5. The highest BCUT2D eigenvalue weighted by molar-refractivity contribution is 8.09. The van der Waals surface area contributed by atoms with E-state index >= 15 is 0 Å². The van der Waals surface area contributed by atoms with Gasteiger partial charge in [-0.2, -0.15) is 23.5 Å². The number of nitrogen functional groups attached to an aromatic ring is 1. The third-order valence-corrected chi connectivity index (χ3v) is 8.82. The summed E-state index contributed by atoms with van der Waals surface area (Å²) in [6.07, 6.45) is -4.06. The van der Waals surface area contributed by atoms with E-state index in [-0.39, 0.29) is 5.69 Å². The zero-order chi connectivity index (χ0) is 23.2. The van der Waals surface area contributed by atoms with Crippen LogP contribution in [0.3, 0.4) is 0 Å². The number of hydrogen-bond donors (Lipinski definition) is 2. The Morgan fingerprint density at radius 3 is 2.13 bits per heavy atom. The van der Waals surface area contributed by atoms with Crippen LogP contribution in [0.2, 0.25) is 10.0 Å². The lowest BCUT2D eigenvalue weighted by atomic mass is 10.2. The maximum atomic E-state index is 12.9. The highest BCUT2D eigenvalue weighted by atomic mass is 35.5. The molecule has 1 aromatic heterocycles. The molecule has 2 rings (SSSR count). The van der Waals surface area contributed by atoms with Crippen molar-refractivity contribution in [1.82, 2.24) is 9.78 Å². The van der Waals surface area contributed by atoms with Gasteiger partial charge < -0.3 is 5.73 Å². The SMILES string of the molecule is CC(S(C)(=O)=O)S(=O)(=O)Nc1c(C#N)nn(-c2c(Cl)cc(C(F)(F)F)cc2Cl)c1N. The fraction of sp³-hybridized carbons (Fsp3) is 0.286. The second kappa shape index (κ2) is 7.80. The smallest absolute Gasteiger partial charge is 0.382 e. The van der Waals surface area contributed by atoms with E-state index in [0.717, 1.165) is 6.92 Å². The van der Waals surface area contributed by atoms with Crippen molar-refractivity contribution in [2.24, 2.45) is 0 Å².